The molecule has 0 saturated heterocycles. The number of nitrogens with one attached hydrogen (secondary N) is 2. The van der Waals surface area contributed by atoms with E-state index in [1.54, 1.807) is 0 Å². The second-order valence-electron chi connectivity index (χ2n) is 5.05. The van der Waals surface area contributed by atoms with Crippen molar-refractivity contribution in [1.82, 2.24) is 0 Å². The second kappa shape index (κ2) is 5.37. The van der Waals surface area contributed by atoms with Crippen molar-refractivity contribution in [2.45, 2.75) is 19.8 Å². The van der Waals surface area contributed by atoms with E-state index in [9.17, 15) is 4.79 Å². The molecule has 1 aliphatic rings. The molecule has 0 saturated carbocycles. The molecule has 2 aromatic carbocycles. The van der Waals surface area contributed by atoms with Gasteiger partial charge in [-0.25, -0.2) is 0 Å². The average Bonchev–Trinajstić information content (AvgIpc) is 2.95. The Balaban J connectivity index is 1.75. The van der Waals surface area contributed by atoms with E-state index >= 15 is 0 Å². The van der Waals surface area contributed by atoms with E-state index in [4.69, 9.17) is 0 Å². The Labute approximate surface area is 119 Å². The summed E-state index contributed by atoms with van der Waals surface area (Å²) in [5.41, 5.74) is 5.19. The molecule has 0 aliphatic carbocycles. The predicted molar refractivity (Wildman–Crippen MR) is 82.4 cm³/mol. The third kappa shape index (κ3) is 2.52. The van der Waals surface area contributed by atoms with Crippen LogP contribution < -0.4 is 10.6 Å². The van der Waals surface area contributed by atoms with E-state index in [1.807, 2.05) is 42.5 Å². The molecular formula is C17H18N2O. The maximum Gasteiger partial charge on any atom is 0.255 e. The van der Waals surface area contributed by atoms with Gasteiger partial charge in [-0.15, -0.1) is 0 Å². The Morgan fingerprint density at radius 1 is 1.20 bits per heavy atom. The molecule has 0 unspecified atom stereocenters. The van der Waals surface area contributed by atoms with Gasteiger partial charge in [-0.05, 0) is 54.3 Å². The number of anilines is 2. The van der Waals surface area contributed by atoms with Crippen LogP contribution in [0.15, 0.2) is 42.5 Å². The van der Waals surface area contributed by atoms with Crippen molar-refractivity contribution in [3.63, 3.8) is 0 Å². The molecule has 0 aromatic heterocycles. The summed E-state index contributed by atoms with van der Waals surface area (Å²) in [5.74, 6) is -0.0519. The summed E-state index contributed by atoms with van der Waals surface area (Å²) in [6.07, 6.45) is 1.99. The highest BCUT2D eigenvalue weighted by molar-refractivity contribution is 6.04. The smallest absolute Gasteiger partial charge is 0.255 e. The summed E-state index contributed by atoms with van der Waals surface area (Å²) in [6, 6.07) is 13.8. The number of hydrogen-bond acceptors (Lipinski definition) is 2. The highest BCUT2D eigenvalue weighted by atomic mass is 16.1. The van der Waals surface area contributed by atoms with Crippen molar-refractivity contribution in [2.75, 3.05) is 17.2 Å². The minimum absolute atomic E-state index is 0.0519. The number of rotatable bonds is 3. The van der Waals surface area contributed by atoms with E-state index in [-0.39, 0.29) is 5.91 Å². The zero-order chi connectivity index (χ0) is 13.9. The topological polar surface area (TPSA) is 41.1 Å². The van der Waals surface area contributed by atoms with E-state index in [0.717, 1.165) is 30.8 Å². The summed E-state index contributed by atoms with van der Waals surface area (Å²) in [4.78, 5) is 12.2. The van der Waals surface area contributed by atoms with Crippen LogP contribution in [0.5, 0.6) is 0 Å². The molecule has 3 nitrogen and oxygen atoms in total. The zero-order valence-electron chi connectivity index (χ0n) is 11.6. The van der Waals surface area contributed by atoms with Crippen molar-refractivity contribution in [3.05, 3.63) is 59.2 Å². The molecule has 102 valence electrons. The molecule has 2 aromatic rings. The summed E-state index contributed by atoms with van der Waals surface area (Å²) < 4.78 is 0. The largest absolute Gasteiger partial charge is 0.384 e. The molecule has 1 amide bonds. The first-order chi connectivity index (χ1) is 9.76. The van der Waals surface area contributed by atoms with Crippen molar-refractivity contribution in [3.8, 4) is 0 Å². The molecule has 0 radical (unpaired) electrons. The minimum Gasteiger partial charge on any atom is -0.384 e. The first kappa shape index (κ1) is 12.7. The molecule has 1 aliphatic heterocycles. The molecule has 1 heterocycles. The first-order valence-corrected chi connectivity index (χ1v) is 7.03. The fourth-order valence-electron chi connectivity index (χ4n) is 2.47. The minimum atomic E-state index is -0.0519. The van der Waals surface area contributed by atoms with Crippen LogP contribution in [0.25, 0.3) is 0 Å². The molecule has 3 heteroatoms. The van der Waals surface area contributed by atoms with Crippen LogP contribution in [0.1, 0.15) is 28.4 Å². The van der Waals surface area contributed by atoms with Crippen molar-refractivity contribution in [2.24, 2.45) is 0 Å². The lowest BCUT2D eigenvalue weighted by atomic mass is 10.1. The van der Waals surface area contributed by atoms with E-state index < -0.39 is 0 Å². The lowest BCUT2D eigenvalue weighted by Crippen LogP contribution is -2.12. The average molecular weight is 266 g/mol. The van der Waals surface area contributed by atoms with Gasteiger partial charge in [0.2, 0.25) is 0 Å². The van der Waals surface area contributed by atoms with Crippen LogP contribution in [0.3, 0.4) is 0 Å². The van der Waals surface area contributed by atoms with E-state index in [2.05, 4.69) is 17.6 Å². The van der Waals surface area contributed by atoms with Gasteiger partial charge < -0.3 is 10.6 Å². The quantitative estimate of drug-likeness (QED) is 0.893. The van der Waals surface area contributed by atoms with Crippen LogP contribution in [0.4, 0.5) is 11.4 Å². The molecule has 3 rings (SSSR count). The second-order valence-corrected chi connectivity index (χ2v) is 5.05. The predicted octanol–water partition coefficient (Wildman–Crippen LogP) is 3.47. The molecule has 2 N–H and O–H groups in total. The van der Waals surface area contributed by atoms with Gasteiger partial charge in [-0.2, -0.15) is 0 Å². The normalized spacial score (nSPS) is 12.7. The highest BCUT2D eigenvalue weighted by Gasteiger charge is 2.13. The number of aryl methyl sites for hydroxylation is 1. The fraction of sp³-hybridized carbons (Fsp3) is 0.235. The maximum absolute atomic E-state index is 12.2. The van der Waals surface area contributed by atoms with Crippen LogP contribution in [-0.4, -0.2) is 12.5 Å². The van der Waals surface area contributed by atoms with Crippen LogP contribution in [0.2, 0.25) is 0 Å². The Morgan fingerprint density at radius 2 is 2.00 bits per heavy atom. The molecular weight excluding hydrogens is 248 g/mol. The third-order valence-electron chi connectivity index (χ3n) is 3.70. The molecule has 0 fully saturated rings. The summed E-state index contributed by atoms with van der Waals surface area (Å²) >= 11 is 0. The third-order valence-corrected chi connectivity index (χ3v) is 3.70. The van der Waals surface area contributed by atoms with Gasteiger partial charge in [-0.3, -0.25) is 4.79 Å². The Hall–Kier alpha value is -2.29. The van der Waals surface area contributed by atoms with E-state index in [0.29, 0.717) is 5.56 Å². The van der Waals surface area contributed by atoms with Gasteiger partial charge in [-0.1, -0.05) is 19.1 Å². The maximum atomic E-state index is 12.2. The van der Waals surface area contributed by atoms with Crippen molar-refractivity contribution < 1.29 is 4.79 Å². The Bertz CT molecular complexity index is 632. The molecule has 0 bridgehead atoms. The van der Waals surface area contributed by atoms with E-state index in [1.165, 1.54) is 11.1 Å². The summed E-state index contributed by atoms with van der Waals surface area (Å²) in [6.45, 7) is 3.07. The summed E-state index contributed by atoms with van der Waals surface area (Å²) in [5, 5.41) is 6.24. The van der Waals surface area contributed by atoms with Gasteiger partial charge in [0.15, 0.2) is 0 Å². The highest BCUT2D eigenvalue weighted by Crippen LogP contribution is 2.23. The fourth-order valence-corrected chi connectivity index (χ4v) is 2.47. The lowest BCUT2D eigenvalue weighted by Gasteiger charge is -2.07. The number of amides is 1. The molecule has 0 spiro atoms. The zero-order valence-corrected chi connectivity index (χ0v) is 11.6. The van der Waals surface area contributed by atoms with Crippen LogP contribution in [-0.2, 0) is 12.8 Å². The number of fused-ring (bicyclic) bond motifs is 1. The van der Waals surface area contributed by atoms with Crippen LogP contribution >= 0.6 is 0 Å². The SMILES string of the molecule is CCc1ccc(NC(=O)c2ccc3c(c2)CCN3)cc1. The van der Waals surface area contributed by atoms with Crippen molar-refractivity contribution in [1.29, 1.82) is 0 Å². The molecule has 0 atom stereocenters. The van der Waals surface area contributed by atoms with Gasteiger partial charge in [0.05, 0.1) is 0 Å². The van der Waals surface area contributed by atoms with Gasteiger partial charge in [0.1, 0.15) is 0 Å². The van der Waals surface area contributed by atoms with Gasteiger partial charge in [0, 0.05) is 23.5 Å². The Kier molecular flexibility index (Phi) is 3.42. The number of hydrogen-bond donors (Lipinski definition) is 2. The van der Waals surface area contributed by atoms with Crippen LogP contribution in [0, 0.1) is 0 Å². The lowest BCUT2D eigenvalue weighted by molar-refractivity contribution is 0.102. The number of benzene rings is 2. The van der Waals surface area contributed by atoms with Crippen molar-refractivity contribution >= 4 is 17.3 Å². The number of carbonyl (C=O) groups is 1. The first-order valence-electron chi connectivity index (χ1n) is 7.03. The van der Waals surface area contributed by atoms with Gasteiger partial charge in [0.25, 0.3) is 5.91 Å². The monoisotopic (exact) mass is 266 g/mol. The van der Waals surface area contributed by atoms with Gasteiger partial charge >= 0.3 is 0 Å². The number of carbonyl (C=O) groups excluding carboxylic acids is 1. The Morgan fingerprint density at radius 3 is 2.75 bits per heavy atom. The summed E-state index contributed by atoms with van der Waals surface area (Å²) in [7, 11) is 0. The standard InChI is InChI=1S/C17H18N2O/c1-2-12-3-6-15(7-4-12)19-17(20)14-5-8-16-13(11-14)9-10-18-16/h3-8,11,18H,2,9-10H2,1H3,(H,19,20). The molecule has 20 heavy (non-hydrogen) atoms.